The Morgan fingerprint density at radius 3 is 2.13 bits per heavy atom. The summed E-state index contributed by atoms with van der Waals surface area (Å²) in [4.78, 5) is 22.7. The van der Waals surface area contributed by atoms with Crippen molar-refractivity contribution in [2.75, 3.05) is 7.11 Å². The van der Waals surface area contributed by atoms with Crippen molar-refractivity contribution in [1.82, 2.24) is 0 Å². The second-order valence-electron chi connectivity index (χ2n) is 9.75. The van der Waals surface area contributed by atoms with Gasteiger partial charge in [-0.15, -0.1) is 0 Å². The summed E-state index contributed by atoms with van der Waals surface area (Å²) < 4.78 is 4.68. The summed E-state index contributed by atoms with van der Waals surface area (Å²) >= 11 is 0. The molecule has 0 aliphatic carbocycles. The van der Waals surface area contributed by atoms with Crippen LogP contribution in [0.4, 0.5) is 0 Å². The molecule has 2 unspecified atom stereocenters. The van der Waals surface area contributed by atoms with E-state index in [4.69, 9.17) is 0 Å². The monoisotopic (exact) mass is 424 g/mol. The van der Waals surface area contributed by atoms with Crippen molar-refractivity contribution >= 4 is 11.9 Å². The molecule has 0 aromatic heterocycles. The summed E-state index contributed by atoms with van der Waals surface area (Å²) in [5.74, 6) is -0.371. The van der Waals surface area contributed by atoms with Gasteiger partial charge in [0.25, 0.3) is 0 Å². The average Bonchev–Trinajstić information content (AvgIpc) is 2.68. The first-order chi connectivity index (χ1) is 14.2. The lowest BCUT2D eigenvalue weighted by molar-refractivity contribution is -0.141. The fourth-order valence-electron chi connectivity index (χ4n) is 4.14. The van der Waals surface area contributed by atoms with E-state index in [9.17, 15) is 14.7 Å². The predicted octanol–water partition coefficient (Wildman–Crippen LogP) is 7.56. The van der Waals surface area contributed by atoms with Gasteiger partial charge in [0.1, 0.15) is 0 Å². The van der Waals surface area contributed by atoms with Crippen LogP contribution in [0.3, 0.4) is 0 Å². The lowest BCUT2D eigenvalue weighted by Gasteiger charge is -2.35. The second-order valence-corrected chi connectivity index (χ2v) is 9.75. The SMILES string of the molecule is CCCCCCC/C=C/C(CCCCCCCC(=O)OC)C(CC(=O)O)C(C)(C)C. The van der Waals surface area contributed by atoms with Crippen molar-refractivity contribution in [3.8, 4) is 0 Å². The number of carbonyl (C=O) groups excluding carboxylic acids is 1. The molecule has 0 saturated heterocycles. The van der Waals surface area contributed by atoms with E-state index in [1.807, 2.05) is 0 Å². The number of hydrogen-bond acceptors (Lipinski definition) is 3. The molecule has 4 nitrogen and oxygen atoms in total. The smallest absolute Gasteiger partial charge is 0.305 e. The van der Waals surface area contributed by atoms with Gasteiger partial charge in [-0.3, -0.25) is 9.59 Å². The largest absolute Gasteiger partial charge is 0.481 e. The van der Waals surface area contributed by atoms with Crippen LogP contribution in [0.1, 0.15) is 118 Å². The van der Waals surface area contributed by atoms with Crippen LogP contribution < -0.4 is 0 Å². The Hall–Kier alpha value is -1.32. The van der Waals surface area contributed by atoms with Crippen LogP contribution in [0.5, 0.6) is 0 Å². The number of aliphatic carboxylic acids is 1. The second kappa shape index (κ2) is 17.4. The van der Waals surface area contributed by atoms with E-state index < -0.39 is 5.97 Å². The van der Waals surface area contributed by atoms with Crippen LogP contribution in [0.2, 0.25) is 0 Å². The van der Waals surface area contributed by atoms with E-state index in [0.717, 1.165) is 44.9 Å². The minimum absolute atomic E-state index is 0.0327. The maximum absolute atomic E-state index is 11.5. The third kappa shape index (κ3) is 15.5. The summed E-state index contributed by atoms with van der Waals surface area (Å²) in [6.07, 6.45) is 19.2. The molecule has 176 valence electrons. The Bertz CT molecular complexity index is 476. The Labute approximate surface area is 185 Å². The topological polar surface area (TPSA) is 63.6 Å². The molecule has 0 aromatic rings. The highest BCUT2D eigenvalue weighted by Gasteiger charge is 2.32. The number of ether oxygens (including phenoxy) is 1. The number of allylic oxidation sites excluding steroid dienone is 2. The zero-order valence-electron chi connectivity index (χ0n) is 20.4. The number of carbonyl (C=O) groups is 2. The van der Waals surface area contributed by atoms with E-state index in [0.29, 0.717) is 12.3 Å². The standard InChI is InChI=1S/C26H48O4/c1-6-7-8-9-10-12-15-18-22(23(21-24(27)28)26(2,3)4)19-16-13-11-14-17-20-25(29)30-5/h15,18,22-23H,6-14,16-17,19-21H2,1-5H3,(H,27,28)/b18-15+. The van der Waals surface area contributed by atoms with E-state index in [1.54, 1.807) is 0 Å². The average molecular weight is 425 g/mol. The van der Waals surface area contributed by atoms with Gasteiger partial charge in [-0.1, -0.05) is 91.2 Å². The van der Waals surface area contributed by atoms with Crippen LogP contribution >= 0.6 is 0 Å². The van der Waals surface area contributed by atoms with Gasteiger partial charge in [-0.2, -0.15) is 0 Å². The Kier molecular flexibility index (Phi) is 16.6. The van der Waals surface area contributed by atoms with Crippen LogP contribution in [0.25, 0.3) is 0 Å². The van der Waals surface area contributed by atoms with Crippen LogP contribution in [-0.4, -0.2) is 24.2 Å². The fourth-order valence-corrected chi connectivity index (χ4v) is 4.14. The van der Waals surface area contributed by atoms with E-state index in [2.05, 4.69) is 44.6 Å². The number of hydrogen-bond donors (Lipinski definition) is 1. The molecule has 1 N–H and O–H groups in total. The molecule has 0 aliphatic rings. The number of carboxylic acid groups (broad SMARTS) is 1. The number of esters is 1. The Balaban J connectivity index is 4.62. The molecule has 2 atom stereocenters. The number of methoxy groups -OCH3 is 1. The quantitative estimate of drug-likeness (QED) is 0.140. The first-order valence-corrected chi connectivity index (χ1v) is 12.2. The highest BCUT2D eigenvalue weighted by molar-refractivity contribution is 5.69. The summed E-state index contributed by atoms with van der Waals surface area (Å²) in [7, 11) is 1.43. The van der Waals surface area contributed by atoms with Gasteiger partial charge in [0.05, 0.1) is 7.11 Å². The zero-order valence-corrected chi connectivity index (χ0v) is 20.4. The molecule has 0 aromatic carbocycles. The molecule has 0 radical (unpaired) electrons. The highest BCUT2D eigenvalue weighted by Crippen LogP contribution is 2.38. The van der Waals surface area contributed by atoms with Crippen molar-refractivity contribution in [2.45, 2.75) is 118 Å². The molecule has 0 heterocycles. The molecule has 4 heteroatoms. The first-order valence-electron chi connectivity index (χ1n) is 12.2. The summed E-state index contributed by atoms with van der Waals surface area (Å²) in [5, 5.41) is 9.46. The van der Waals surface area contributed by atoms with Gasteiger partial charge in [-0.25, -0.2) is 0 Å². The fraction of sp³-hybridized carbons (Fsp3) is 0.846. The van der Waals surface area contributed by atoms with Crippen LogP contribution in [0.15, 0.2) is 12.2 Å². The van der Waals surface area contributed by atoms with Gasteiger partial charge in [0.2, 0.25) is 0 Å². The maximum Gasteiger partial charge on any atom is 0.305 e. The lowest BCUT2D eigenvalue weighted by Crippen LogP contribution is -2.29. The Morgan fingerprint density at radius 1 is 0.933 bits per heavy atom. The first kappa shape index (κ1) is 28.7. The van der Waals surface area contributed by atoms with Crippen molar-refractivity contribution in [3.63, 3.8) is 0 Å². The molecule has 0 fully saturated rings. The third-order valence-corrected chi connectivity index (χ3v) is 6.03. The lowest BCUT2D eigenvalue weighted by atomic mass is 9.69. The van der Waals surface area contributed by atoms with Gasteiger partial charge in [-0.05, 0) is 42.9 Å². The van der Waals surface area contributed by atoms with Crippen LogP contribution in [0, 0.1) is 17.3 Å². The molecule has 0 amide bonds. The minimum Gasteiger partial charge on any atom is -0.481 e. The summed E-state index contributed by atoms with van der Waals surface area (Å²) in [5.41, 5.74) is -0.0327. The van der Waals surface area contributed by atoms with Crippen LogP contribution in [-0.2, 0) is 14.3 Å². The van der Waals surface area contributed by atoms with Crippen molar-refractivity contribution in [2.24, 2.45) is 17.3 Å². The highest BCUT2D eigenvalue weighted by atomic mass is 16.5. The molecule has 0 saturated carbocycles. The Morgan fingerprint density at radius 2 is 1.53 bits per heavy atom. The molecule has 0 aliphatic heterocycles. The zero-order chi connectivity index (χ0) is 22.8. The van der Waals surface area contributed by atoms with Gasteiger partial charge in [0, 0.05) is 12.8 Å². The third-order valence-electron chi connectivity index (χ3n) is 6.03. The molecular weight excluding hydrogens is 376 g/mol. The van der Waals surface area contributed by atoms with Gasteiger partial charge in [0.15, 0.2) is 0 Å². The number of rotatable bonds is 18. The van der Waals surface area contributed by atoms with Gasteiger partial charge >= 0.3 is 11.9 Å². The maximum atomic E-state index is 11.5. The van der Waals surface area contributed by atoms with E-state index in [1.165, 1.54) is 39.2 Å². The normalized spacial score (nSPS) is 14.0. The predicted molar refractivity (Wildman–Crippen MR) is 126 cm³/mol. The molecule has 30 heavy (non-hydrogen) atoms. The van der Waals surface area contributed by atoms with Crippen molar-refractivity contribution in [3.05, 3.63) is 12.2 Å². The van der Waals surface area contributed by atoms with Crippen molar-refractivity contribution in [1.29, 1.82) is 0 Å². The van der Waals surface area contributed by atoms with E-state index in [-0.39, 0.29) is 23.7 Å². The molecule has 0 spiro atoms. The summed E-state index contributed by atoms with van der Waals surface area (Å²) in [6.45, 7) is 8.73. The molecule has 0 rings (SSSR count). The minimum atomic E-state index is -0.698. The number of unbranched alkanes of at least 4 members (excludes halogenated alkanes) is 9. The van der Waals surface area contributed by atoms with E-state index >= 15 is 0 Å². The van der Waals surface area contributed by atoms with Gasteiger partial charge < -0.3 is 9.84 Å². The summed E-state index contributed by atoms with van der Waals surface area (Å²) in [6, 6.07) is 0. The number of carboxylic acids is 1. The molecular formula is C26H48O4. The molecule has 0 bridgehead atoms. The van der Waals surface area contributed by atoms with Crippen molar-refractivity contribution < 1.29 is 19.4 Å².